The Hall–Kier alpha value is -1.23. The number of aromatic nitrogens is 1. The molecule has 21 heavy (non-hydrogen) atoms. The van der Waals surface area contributed by atoms with Gasteiger partial charge in [-0.15, -0.1) is 11.3 Å². The lowest BCUT2D eigenvalue weighted by molar-refractivity contribution is 0.111. The fourth-order valence-electron chi connectivity index (χ4n) is 2.74. The van der Waals surface area contributed by atoms with Gasteiger partial charge in [0.15, 0.2) is 0 Å². The second-order valence-corrected chi connectivity index (χ2v) is 6.88. The molecular formula is C17H20N2OS. The van der Waals surface area contributed by atoms with Crippen LogP contribution in [0.5, 0.6) is 0 Å². The molecule has 1 saturated heterocycles. The van der Waals surface area contributed by atoms with Crippen molar-refractivity contribution >= 4 is 11.3 Å². The molecule has 1 unspecified atom stereocenters. The lowest BCUT2D eigenvalue weighted by atomic mass is 10.1. The monoisotopic (exact) mass is 300 g/mol. The fourth-order valence-corrected chi connectivity index (χ4v) is 3.92. The molecule has 1 aliphatic carbocycles. The molecule has 0 spiro atoms. The van der Waals surface area contributed by atoms with E-state index in [4.69, 9.17) is 9.72 Å². The lowest BCUT2D eigenvalue weighted by Crippen LogP contribution is -2.16. The fraction of sp³-hybridized carbons (Fsp3) is 0.471. The Morgan fingerprint density at radius 1 is 1.19 bits per heavy atom. The number of nitrogens with zero attached hydrogens (tertiary/aromatic N) is 1. The summed E-state index contributed by atoms with van der Waals surface area (Å²) in [5.41, 5.74) is 2.45. The highest BCUT2D eigenvalue weighted by Gasteiger charge is 2.25. The quantitative estimate of drug-likeness (QED) is 0.909. The van der Waals surface area contributed by atoms with Crippen LogP contribution in [-0.4, -0.2) is 17.6 Å². The van der Waals surface area contributed by atoms with Crippen LogP contribution in [0.4, 0.5) is 0 Å². The molecule has 2 fully saturated rings. The third-order valence-corrected chi connectivity index (χ3v) is 5.33. The van der Waals surface area contributed by atoms with Gasteiger partial charge >= 0.3 is 0 Å². The zero-order valence-electron chi connectivity index (χ0n) is 12.0. The Bertz CT molecular complexity index is 601. The average molecular weight is 300 g/mol. The Morgan fingerprint density at radius 3 is 2.76 bits per heavy atom. The van der Waals surface area contributed by atoms with E-state index < -0.39 is 0 Å². The van der Waals surface area contributed by atoms with E-state index in [-0.39, 0.29) is 6.10 Å². The molecule has 0 bridgehead atoms. The molecule has 2 aromatic rings. The maximum Gasteiger partial charge on any atom is 0.122 e. The summed E-state index contributed by atoms with van der Waals surface area (Å²) in [6.45, 7) is 1.75. The van der Waals surface area contributed by atoms with Gasteiger partial charge in [-0.25, -0.2) is 4.98 Å². The standard InChI is InChI=1S/C17H20N2OS/c1-2-5-12(6-3-1)16-14(11-18-13-8-9-13)19-17(21-16)15-7-4-10-20-15/h1-3,5-6,13,15,18H,4,7-11H2. The summed E-state index contributed by atoms with van der Waals surface area (Å²) in [6.07, 6.45) is 5.09. The molecule has 1 aromatic heterocycles. The third kappa shape index (κ3) is 3.03. The van der Waals surface area contributed by atoms with Gasteiger partial charge in [0.05, 0.1) is 10.6 Å². The molecule has 0 amide bonds. The van der Waals surface area contributed by atoms with Crippen molar-refractivity contribution in [2.45, 2.75) is 44.4 Å². The normalized spacial score (nSPS) is 21.8. The Morgan fingerprint density at radius 2 is 2.05 bits per heavy atom. The van der Waals surface area contributed by atoms with Gasteiger partial charge in [0.1, 0.15) is 11.1 Å². The lowest BCUT2D eigenvalue weighted by Gasteiger charge is -2.04. The van der Waals surface area contributed by atoms with Crippen molar-refractivity contribution in [2.75, 3.05) is 6.61 Å². The maximum absolute atomic E-state index is 5.81. The van der Waals surface area contributed by atoms with Crippen LogP contribution in [0.2, 0.25) is 0 Å². The molecule has 2 heterocycles. The van der Waals surface area contributed by atoms with Crippen molar-refractivity contribution in [2.24, 2.45) is 0 Å². The maximum atomic E-state index is 5.81. The van der Waals surface area contributed by atoms with E-state index in [9.17, 15) is 0 Å². The second-order valence-electron chi connectivity index (χ2n) is 5.85. The highest BCUT2D eigenvalue weighted by Crippen LogP contribution is 2.37. The first-order chi connectivity index (χ1) is 10.4. The van der Waals surface area contributed by atoms with Crippen molar-refractivity contribution < 1.29 is 4.74 Å². The number of nitrogens with one attached hydrogen (secondary N) is 1. The SMILES string of the molecule is c1ccc(-c2sc(C3CCCO3)nc2CNC2CC2)cc1. The Balaban J connectivity index is 1.64. The van der Waals surface area contributed by atoms with Crippen LogP contribution >= 0.6 is 11.3 Å². The largest absolute Gasteiger partial charge is 0.371 e. The summed E-state index contributed by atoms with van der Waals surface area (Å²) in [7, 11) is 0. The van der Waals surface area contributed by atoms with E-state index in [0.29, 0.717) is 6.04 Å². The number of hydrogen-bond donors (Lipinski definition) is 1. The summed E-state index contributed by atoms with van der Waals surface area (Å²) in [6, 6.07) is 11.3. The zero-order valence-corrected chi connectivity index (χ0v) is 12.9. The van der Waals surface area contributed by atoms with E-state index in [0.717, 1.165) is 31.0 Å². The minimum atomic E-state index is 0.215. The summed E-state index contributed by atoms with van der Waals surface area (Å²) in [5, 5.41) is 4.74. The van der Waals surface area contributed by atoms with Crippen molar-refractivity contribution in [1.82, 2.24) is 10.3 Å². The number of benzene rings is 1. The summed E-state index contributed by atoms with van der Waals surface area (Å²) in [5.74, 6) is 0. The van der Waals surface area contributed by atoms with E-state index >= 15 is 0 Å². The average Bonchev–Trinajstić information content (AvgIpc) is 3.03. The van der Waals surface area contributed by atoms with Crippen LogP contribution in [0, 0.1) is 0 Å². The minimum absolute atomic E-state index is 0.215. The van der Waals surface area contributed by atoms with Gasteiger partial charge in [-0.3, -0.25) is 0 Å². The highest BCUT2D eigenvalue weighted by atomic mass is 32.1. The molecule has 1 atom stereocenters. The first-order valence-corrected chi connectivity index (χ1v) is 8.62. The molecule has 110 valence electrons. The van der Waals surface area contributed by atoms with Crippen LogP contribution < -0.4 is 5.32 Å². The molecule has 3 nitrogen and oxygen atoms in total. The van der Waals surface area contributed by atoms with E-state index in [1.54, 1.807) is 11.3 Å². The van der Waals surface area contributed by atoms with Gasteiger partial charge in [-0.1, -0.05) is 30.3 Å². The Labute approximate surface area is 129 Å². The van der Waals surface area contributed by atoms with Gasteiger partial charge in [0.25, 0.3) is 0 Å². The van der Waals surface area contributed by atoms with E-state index in [2.05, 4.69) is 35.6 Å². The molecule has 1 N–H and O–H groups in total. The topological polar surface area (TPSA) is 34.1 Å². The first-order valence-electron chi connectivity index (χ1n) is 7.80. The van der Waals surface area contributed by atoms with Crippen LogP contribution in [0.1, 0.15) is 42.5 Å². The van der Waals surface area contributed by atoms with Crippen molar-refractivity contribution in [3.8, 4) is 10.4 Å². The smallest absolute Gasteiger partial charge is 0.122 e. The number of hydrogen-bond acceptors (Lipinski definition) is 4. The summed E-state index contributed by atoms with van der Waals surface area (Å²) < 4.78 is 5.81. The highest BCUT2D eigenvalue weighted by molar-refractivity contribution is 7.15. The van der Waals surface area contributed by atoms with Crippen LogP contribution in [0.15, 0.2) is 30.3 Å². The first kappa shape index (κ1) is 13.4. The number of thiazole rings is 1. The van der Waals surface area contributed by atoms with Gasteiger partial charge < -0.3 is 10.1 Å². The molecular weight excluding hydrogens is 280 g/mol. The number of rotatable bonds is 5. The molecule has 4 rings (SSSR count). The molecule has 2 aliphatic rings. The van der Waals surface area contributed by atoms with Crippen LogP contribution in [0.25, 0.3) is 10.4 Å². The third-order valence-electron chi connectivity index (χ3n) is 4.09. The number of ether oxygens (including phenoxy) is 1. The Kier molecular flexibility index (Phi) is 3.76. The van der Waals surface area contributed by atoms with Crippen LogP contribution in [-0.2, 0) is 11.3 Å². The van der Waals surface area contributed by atoms with Gasteiger partial charge in [0, 0.05) is 19.2 Å². The predicted octanol–water partition coefficient (Wildman–Crippen LogP) is 3.91. The van der Waals surface area contributed by atoms with Crippen molar-refractivity contribution in [3.05, 3.63) is 41.0 Å². The summed E-state index contributed by atoms with van der Waals surface area (Å²) >= 11 is 1.81. The van der Waals surface area contributed by atoms with Crippen LogP contribution in [0.3, 0.4) is 0 Å². The van der Waals surface area contributed by atoms with Crippen molar-refractivity contribution in [1.29, 1.82) is 0 Å². The minimum Gasteiger partial charge on any atom is -0.371 e. The second kappa shape index (κ2) is 5.87. The molecule has 4 heteroatoms. The molecule has 1 aromatic carbocycles. The predicted molar refractivity (Wildman–Crippen MR) is 85.3 cm³/mol. The molecule has 1 aliphatic heterocycles. The molecule has 0 radical (unpaired) electrons. The summed E-state index contributed by atoms with van der Waals surface area (Å²) in [4.78, 5) is 6.20. The van der Waals surface area contributed by atoms with E-state index in [1.165, 1.54) is 29.0 Å². The molecule has 1 saturated carbocycles. The van der Waals surface area contributed by atoms with E-state index in [1.807, 2.05) is 0 Å². The zero-order chi connectivity index (χ0) is 14.1. The van der Waals surface area contributed by atoms with Crippen molar-refractivity contribution in [3.63, 3.8) is 0 Å². The van der Waals surface area contributed by atoms with Gasteiger partial charge in [-0.05, 0) is 31.2 Å². The van der Waals surface area contributed by atoms with Gasteiger partial charge in [-0.2, -0.15) is 0 Å². The van der Waals surface area contributed by atoms with Gasteiger partial charge in [0.2, 0.25) is 0 Å².